The Labute approximate surface area is 151 Å². The number of hydrogen-bond donors (Lipinski definition) is 1. The van der Waals surface area contributed by atoms with Crippen molar-refractivity contribution in [1.29, 1.82) is 0 Å². The van der Waals surface area contributed by atoms with Crippen LogP contribution in [-0.2, 0) is 6.42 Å². The molecule has 1 aromatic carbocycles. The monoisotopic (exact) mass is 343 g/mol. The summed E-state index contributed by atoms with van der Waals surface area (Å²) in [5.74, 6) is 0. The van der Waals surface area contributed by atoms with Crippen molar-refractivity contribution in [3.8, 4) is 0 Å². The summed E-state index contributed by atoms with van der Waals surface area (Å²) in [5.41, 5.74) is 9.22. The summed E-state index contributed by atoms with van der Waals surface area (Å²) in [7, 11) is 0. The molecule has 1 atom stereocenters. The maximum atomic E-state index is 5.98. The van der Waals surface area contributed by atoms with Gasteiger partial charge in [0.2, 0.25) is 0 Å². The van der Waals surface area contributed by atoms with Crippen LogP contribution in [-0.4, -0.2) is 24.1 Å². The number of rotatable bonds is 10. The molecular weight excluding hydrogens is 310 g/mol. The van der Waals surface area contributed by atoms with Crippen molar-refractivity contribution in [2.24, 2.45) is 5.73 Å². The van der Waals surface area contributed by atoms with E-state index in [0.717, 1.165) is 43.0 Å². The average molecular weight is 344 g/mol. The van der Waals surface area contributed by atoms with Gasteiger partial charge < -0.3 is 15.1 Å². The van der Waals surface area contributed by atoms with Crippen molar-refractivity contribution < 1.29 is 4.42 Å². The van der Waals surface area contributed by atoms with Crippen LogP contribution in [0, 0.1) is 0 Å². The van der Waals surface area contributed by atoms with Gasteiger partial charge in [-0.15, -0.1) is 0 Å². The molecule has 3 rings (SSSR count). The molecule has 1 aliphatic rings. The van der Waals surface area contributed by atoms with Crippen molar-refractivity contribution in [2.45, 2.75) is 77.2 Å². The third kappa shape index (κ3) is 5.21. The van der Waals surface area contributed by atoms with Gasteiger partial charge in [-0.05, 0) is 37.0 Å². The van der Waals surface area contributed by atoms with E-state index in [1.165, 1.54) is 56.9 Å². The molecule has 0 spiro atoms. The van der Waals surface area contributed by atoms with E-state index in [1.54, 1.807) is 0 Å². The van der Waals surface area contributed by atoms with Gasteiger partial charge in [0.1, 0.15) is 5.52 Å². The number of fused-ring (bicyclic) bond motifs is 1. The zero-order valence-electron chi connectivity index (χ0n) is 15.7. The van der Waals surface area contributed by atoms with Gasteiger partial charge >= 0.3 is 0 Å². The number of nitrogens with two attached hydrogens (primary N) is 1. The van der Waals surface area contributed by atoms with Crippen LogP contribution >= 0.6 is 0 Å². The van der Waals surface area contributed by atoms with E-state index in [9.17, 15) is 0 Å². The predicted octanol–water partition coefficient (Wildman–Crippen LogP) is 5.05. The molecule has 0 saturated carbocycles. The van der Waals surface area contributed by atoms with Crippen LogP contribution in [0.25, 0.3) is 11.1 Å². The van der Waals surface area contributed by atoms with Crippen LogP contribution in [0.5, 0.6) is 0 Å². The van der Waals surface area contributed by atoms with Crippen LogP contribution in [0.2, 0.25) is 0 Å². The second-order valence-corrected chi connectivity index (χ2v) is 7.52. The lowest BCUT2D eigenvalue weighted by Crippen LogP contribution is -2.26. The normalized spacial score (nSPS) is 17.7. The molecule has 4 heteroatoms. The number of unbranched alkanes of at least 4 members (excludes halogenated alkanes) is 7. The molecule has 1 saturated heterocycles. The summed E-state index contributed by atoms with van der Waals surface area (Å²) < 4.78 is 5.90. The van der Waals surface area contributed by atoms with Crippen LogP contribution in [0.3, 0.4) is 0 Å². The van der Waals surface area contributed by atoms with Crippen LogP contribution in [0.1, 0.15) is 70.3 Å². The lowest BCUT2D eigenvalue weighted by Gasteiger charge is -2.11. The standard InChI is InChI=1S/C21H33N3O/c1-2-3-4-5-6-7-8-9-10-17-11-12-20-19(15-17)23-21(25-20)24-14-13-18(22)16-24/h11-12,15,18H,2-10,13-14,16,22H2,1H3/t18-/m1/s1. The maximum Gasteiger partial charge on any atom is 0.298 e. The summed E-state index contributed by atoms with van der Waals surface area (Å²) in [5, 5.41) is 0. The lowest BCUT2D eigenvalue weighted by molar-refractivity contribution is 0.575. The van der Waals surface area contributed by atoms with Crippen molar-refractivity contribution in [3.63, 3.8) is 0 Å². The first-order valence-corrected chi connectivity index (χ1v) is 10.2. The van der Waals surface area contributed by atoms with Gasteiger partial charge in [-0.2, -0.15) is 4.98 Å². The van der Waals surface area contributed by atoms with Crippen molar-refractivity contribution >= 4 is 17.1 Å². The highest BCUT2D eigenvalue weighted by molar-refractivity contribution is 5.75. The molecule has 0 aliphatic carbocycles. The van der Waals surface area contributed by atoms with Crippen molar-refractivity contribution in [1.82, 2.24) is 4.98 Å². The van der Waals surface area contributed by atoms with Gasteiger partial charge in [0, 0.05) is 19.1 Å². The summed E-state index contributed by atoms with van der Waals surface area (Å²) in [6.07, 6.45) is 13.1. The Balaban J connectivity index is 1.45. The Morgan fingerprint density at radius 2 is 1.88 bits per heavy atom. The first kappa shape index (κ1) is 18.2. The van der Waals surface area contributed by atoms with Gasteiger partial charge in [0.05, 0.1) is 0 Å². The van der Waals surface area contributed by atoms with Crippen LogP contribution in [0.15, 0.2) is 22.6 Å². The van der Waals surface area contributed by atoms with E-state index in [0.29, 0.717) is 0 Å². The first-order chi connectivity index (χ1) is 12.3. The molecule has 4 nitrogen and oxygen atoms in total. The zero-order chi connectivity index (χ0) is 17.5. The minimum atomic E-state index is 0.243. The summed E-state index contributed by atoms with van der Waals surface area (Å²) >= 11 is 0. The van der Waals surface area contributed by atoms with Crippen molar-refractivity contribution in [3.05, 3.63) is 23.8 Å². The molecule has 1 aliphatic heterocycles. The fourth-order valence-electron chi connectivity index (χ4n) is 3.68. The SMILES string of the molecule is CCCCCCCCCCc1ccc2oc(N3CC[C@@H](N)C3)nc2c1. The number of anilines is 1. The fourth-order valence-corrected chi connectivity index (χ4v) is 3.68. The molecule has 0 amide bonds. The topological polar surface area (TPSA) is 55.3 Å². The molecule has 0 bridgehead atoms. The molecule has 2 heterocycles. The third-order valence-corrected chi connectivity index (χ3v) is 5.25. The largest absolute Gasteiger partial charge is 0.423 e. The van der Waals surface area contributed by atoms with E-state index in [2.05, 4.69) is 35.0 Å². The van der Waals surface area contributed by atoms with E-state index >= 15 is 0 Å². The Bertz CT molecular complexity index is 652. The molecule has 2 aromatic rings. The summed E-state index contributed by atoms with van der Waals surface area (Å²) in [6.45, 7) is 4.06. The molecule has 1 aromatic heterocycles. The first-order valence-electron chi connectivity index (χ1n) is 10.2. The number of aromatic nitrogens is 1. The molecular formula is C21H33N3O. The van der Waals surface area contributed by atoms with E-state index in [-0.39, 0.29) is 6.04 Å². The highest BCUT2D eigenvalue weighted by Gasteiger charge is 2.23. The van der Waals surface area contributed by atoms with Gasteiger partial charge in [0.25, 0.3) is 6.01 Å². The molecule has 0 unspecified atom stereocenters. The lowest BCUT2D eigenvalue weighted by atomic mass is 10.0. The van der Waals surface area contributed by atoms with E-state index < -0.39 is 0 Å². The molecule has 2 N–H and O–H groups in total. The quantitative estimate of drug-likeness (QED) is 0.613. The minimum Gasteiger partial charge on any atom is -0.423 e. The predicted molar refractivity (Wildman–Crippen MR) is 105 cm³/mol. The van der Waals surface area contributed by atoms with Crippen LogP contribution in [0.4, 0.5) is 6.01 Å². The van der Waals surface area contributed by atoms with Crippen LogP contribution < -0.4 is 10.6 Å². The number of aryl methyl sites for hydroxylation is 1. The zero-order valence-corrected chi connectivity index (χ0v) is 15.7. The minimum absolute atomic E-state index is 0.243. The summed E-state index contributed by atoms with van der Waals surface area (Å²) in [4.78, 5) is 6.84. The Morgan fingerprint density at radius 3 is 2.60 bits per heavy atom. The molecule has 25 heavy (non-hydrogen) atoms. The molecule has 1 fully saturated rings. The van der Waals surface area contributed by atoms with Gasteiger partial charge in [-0.3, -0.25) is 0 Å². The highest BCUT2D eigenvalue weighted by Crippen LogP contribution is 2.25. The Hall–Kier alpha value is -1.55. The number of nitrogens with zero attached hydrogens (tertiary/aromatic N) is 2. The fraction of sp³-hybridized carbons (Fsp3) is 0.667. The van der Waals surface area contributed by atoms with E-state index in [1.807, 2.05) is 0 Å². The number of oxazole rings is 1. The smallest absolute Gasteiger partial charge is 0.298 e. The Kier molecular flexibility index (Phi) is 6.74. The van der Waals surface area contributed by atoms with Gasteiger partial charge in [0.15, 0.2) is 5.58 Å². The second-order valence-electron chi connectivity index (χ2n) is 7.52. The number of benzene rings is 1. The Morgan fingerprint density at radius 1 is 1.12 bits per heavy atom. The van der Waals surface area contributed by atoms with Gasteiger partial charge in [-0.1, -0.05) is 57.9 Å². The number of hydrogen-bond acceptors (Lipinski definition) is 4. The molecule has 138 valence electrons. The van der Waals surface area contributed by atoms with Crippen molar-refractivity contribution in [2.75, 3.05) is 18.0 Å². The van der Waals surface area contributed by atoms with E-state index in [4.69, 9.17) is 10.2 Å². The summed E-state index contributed by atoms with van der Waals surface area (Å²) in [6, 6.07) is 7.43. The average Bonchev–Trinajstić information content (AvgIpc) is 3.22. The molecule has 0 radical (unpaired) electrons. The second kappa shape index (κ2) is 9.23. The van der Waals surface area contributed by atoms with Gasteiger partial charge in [-0.25, -0.2) is 0 Å². The highest BCUT2D eigenvalue weighted by atomic mass is 16.4. The third-order valence-electron chi connectivity index (χ3n) is 5.25. The maximum absolute atomic E-state index is 5.98.